The number of aromatic nitrogens is 4. The molecule has 3 fully saturated rings. The predicted octanol–water partition coefficient (Wildman–Crippen LogP) is 4.77. The van der Waals surface area contributed by atoms with Gasteiger partial charge in [-0.15, -0.1) is 0 Å². The van der Waals surface area contributed by atoms with Crippen LogP contribution >= 0.6 is 0 Å². The van der Waals surface area contributed by atoms with E-state index in [0.29, 0.717) is 23.3 Å². The average molecular weight is 434 g/mol. The first-order chi connectivity index (χ1) is 15.7. The molecule has 1 atom stereocenters. The van der Waals surface area contributed by atoms with Gasteiger partial charge < -0.3 is 19.9 Å². The quantitative estimate of drug-likeness (QED) is 0.554. The Balaban J connectivity index is 1.22. The first-order valence-electron chi connectivity index (χ1n) is 11.5. The maximum absolute atomic E-state index is 10.3. The Morgan fingerprint density at radius 3 is 2.75 bits per heavy atom. The molecule has 2 aliphatic carbocycles. The monoisotopic (exact) mass is 433 g/mol. The van der Waals surface area contributed by atoms with Gasteiger partial charge in [0.15, 0.2) is 5.75 Å². The van der Waals surface area contributed by atoms with E-state index in [-0.39, 0.29) is 6.10 Å². The minimum Gasteiger partial charge on any atom is -0.453 e. The normalized spacial score (nSPS) is 21.8. The van der Waals surface area contributed by atoms with Gasteiger partial charge in [-0.1, -0.05) is 0 Å². The molecule has 1 saturated heterocycles. The van der Waals surface area contributed by atoms with Gasteiger partial charge in [0.2, 0.25) is 0 Å². The first-order valence-corrected chi connectivity index (χ1v) is 11.5. The average Bonchev–Trinajstić information content (AvgIpc) is 3.75. The lowest BCUT2D eigenvalue weighted by molar-refractivity contribution is 0.0109. The molecule has 6 rings (SSSR count). The molecule has 0 radical (unpaired) electrons. The predicted molar refractivity (Wildman–Crippen MR) is 118 cm³/mol. The molecule has 1 aliphatic heterocycles. The number of hydrogen-bond donors (Lipinski definition) is 2. The zero-order valence-corrected chi connectivity index (χ0v) is 17.9. The molecule has 4 heterocycles. The summed E-state index contributed by atoms with van der Waals surface area (Å²) in [5, 5.41) is 18.5. The van der Waals surface area contributed by atoms with E-state index in [4.69, 9.17) is 14.6 Å². The van der Waals surface area contributed by atoms with Crippen LogP contribution in [0.1, 0.15) is 68.5 Å². The third-order valence-corrected chi connectivity index (χ3v) is 6.32. The van der Waals surface area contributed by atoms with Gasteiger partial charge in [0.05, 0.1) is 17.9 Å². The third kappa shape index (κ3) is 4.08. The van der Waals surface area contributed by atoms with Crippen LogP contribution in [-0.2, 0) is 10.3 Å². The fraction of sp³-hybridized carbons (Fsp3) is 0.458. The lowest BCUT2D eigenvalue weighted by atomic mass is 10.1. The molecular formula is C24H27N5O3. The molecule has 3 aromatic heterocycles. The van der Waals surface area contributed by atoms with Crippen LogP contribution in [0.5, 0.6) is 11.5 Å². The number of ether oxygens (including phenoxy) is 2. The van der Waals surface area contributed by atoms with E-state index in [0.717, 1.165) is 55.8 Å². The highest BCUT2D eigenvalue weighted by Gasteiger charge is 2.43. The number of pyridine rings is 2. The Bertz CT molecular complexity index is 1120. The van der Waals surface area contributed by atoms with Gasteiger partial charge in [0, 0.05) is 30.8 Å². The Kier molecular flexibility index (Phi) is 4.84. The molecule has 0 bridgehead atoms. The molecule has 8 heteroatoms. The molecule has 2 N–H and O–H groups in total. The molecule has 0 amide bonds. The third-order valence-electron chi connectivity index (χ3n) is 6.32. The molecule has 0 aromatic carbocycles. The summed E-state index contributed by atoms with van der Waals surface area (Å²) in [4.78, 5) is 8.73. The van der Waals surface area contributed by atoms with Gasteiger partial charge in [-0.3, -0.25) is 9.67 Å². The Labute approximate surface area is 186 Å². The van der Waals surface area contributed by atoms with Crippen LogP contribution < -0.4 is 10.1 Å². The summed E-state index contributed by atoms with van der Waals surface area (Å²) in [5.74, 6) is 2.10. The van der Waals surface area contributed by atoms with Crippen molar-refractivity contribution in [3.63, 3.8) is 0 Å². The highest BCUT2D eigenvalue weighted by Crippen LogP contribution is 2.45. The van der Waals surface area contributed by atoms with E-state index in [1.807, 2.05) is 35.1 Å². The second-order valence-electron chi connectivity index (χ2n) is 9.01. The number of anilines is 2. The van der Waals surface area contributed by atoms with Crippen LogP contribution in [0.15, 0.2) is 42.9 Å². The second kappa shape index (κ2) is 7.86. The highest BCUT2D eigenvalue weighted by molar-refractivity contribution is 5.58. The zero-order chi connectivity index (χ0) is 21.5. The van der Waals surface area contributed by atoms with Crippen LogP contribution in [0.2, 0.25) is 0 Å². The molecule has 0 spiro atoms. The van der Waals surface area contributed by atoms with Crippen molar-refractivity contribution in [3.8, 4) is 11.5 Å². The summed E-state index contributed by atoms with van der Waals surface area (Å²) < 4.78 is 14.3. The molecule has 8 nitrogen and oxygen atoms in total. The van der Waals surface area contributed by atoms with E-state index < -0.39 is 5.60 Å². The minimum atomic E-state index is -0.768. The molecular weight excluding hydrogens is 406 g/mol. The molecule has 1 unspecified atom stereocenters. The summed E-state index contributed by atoms with van der Waals surface area (Å²) in [6, 6.07) is 7.93. The van der Waals surface area contributed by atoms with Gasteiger partial charge in [-0.2, -0.15) is 5.10 Å². The molecule has 3 aromatic rings. The number of aliphatic hydroxyl groups is 1. The Morgan fingerprint density at radius 2 is 1.97 bits per heavy atom. The Morgan fingerprint density at radius 1 is 1.09 bits per heavy atom. The van der Waals surface area contributed by atoms with Crippen LogP contribution in [0, 0.1) is 0 Å². The maximum atomic E-state index is 10.3. The van der Waals surface area contributed by atoms with Crippen molar-refractivity contribution in [2.75, 3.05) is 11.9 Å². The van der Waals surface area contributed by atoms with Crippen LogP contribution in [0.3, 0.4) is 0 Å². The second-order valence-corrected chi connectivity index (χ2v) is 9.01. The number of nitrogens with one attached hydrogen (secondary N) is 1. The van der Waals surface area contributed by atoms with Gasteiger partial charge in [0.25, 0.3) is 0 Å². The van der Waals surface area contributed by atoms with Gasteiger partial charge >= 0.3 is 0 Å². The van der Waals surface area contributed by atoms with Crippen molar-refractivity contribution in [1.82, 2.24) is 19.7 Å². The van der Waals surface area contributed by atoms with Gasteiger partial charge in [-0.05, 0) is 63.1 Å². The Hall–Kier alpha value is -2.97. The number of hydrogen-bond acceptors (Lipinski definition) is 7. The van der Waals surface area contributed by atoms with E-state index in [9.17, 15) is 5.11 Å². The molecule has 32 heavy (non-hydrogen) atoms. The first kappa shape index (κ1) is 19.7. The highest BCUT2D eigenvalue weighted by atomic mass is 16.5. The summed E-state index contributed by atoms with van der Waals surface area (Å²) in [7, 11) is 0. The molecule has 2 saturated carbocycles. The lowest BCUT2D eigenvalue weighted by Gasteiger charge is -2.21. The van der Waals surface area contributed by atoms with Crippen LogP contribution in [0.4, 0.5) is 11.5 Å². The van der Waals surface area contributed by atoms with E-state index >= 15 is 0 Å². The largest absolute Gasteiger partial charge is 0.453 e. The van der Waals surface area contributed by atoms with Crippen molar-refractivity contribution in [3.05, 3.63) is 54.2 Å². The summed E-state index contributed by atoms with van der Waals surface area (Å²) in [6.07, 6.45) is 12.5. The summed E-state index contributed by atoms with van der Waals surface area (Å²) in [6.45, 7) is 0.771. The van der Waals surface area contributed by atoms with Crippen LogP contribution in [0.25, 0.3) is 0 Å². The molecule has 166 valence electrons. The number of nitrogens with zero attached hydrogens (tertiary/aromatic N) is 4. The van der Waals surface area contributed by atoms with Gasteiger partial charge in [0.1, 0.15) is 29.0 Å². The fourth-order valence-corrected chi connectivity index (χ4v) is 4.13. The SMILES string of the molecule is OC1(c2cc(Nc3cc(Oc4cn(C5CC5)nc4C4CCCCO4)ccn3)ccn2)CC1. The van der Waals surface area contributed by atoms with Crippen LogP contribution in [-0.4, -0.2) is 31.5 Å². The van der Waals surface area contributed by atoms with Gasteiger partial charge in [-0.25, -0.2) is 4.98 Å². The van der Waals surface area contributed by atoms with E-state index in [1.165, 1.54) is 12.8 Å². The molecule has 3 aliphatic rings. The van der Waals surface area contributed by atoms with E-state index in [1.54, 1.807) is 12.4 Å². The van der Waals surface area contributed by atoms with E-state index in [2.05, 4.69) is 15.3 Å². The summed E-state index contributed by atoms with van der Waals surface area (Å²) >= 11 is 0. The minimum absolute atomic E-state index is 0.0124. The smallest absolute Gasteiger partial charge is 0.171 e. The van der Waals surface area contributed by atoms with Crippen molar-refractivity contribution in [2.24, 2.45) is 0 Å². The summed E-state index contributed by atoms with van der Waals surface area (Å²) in [5.41, 5.74) is 1.65. The van der Waals surface area contributed by atoms with Crippen molar-refractivity contribution >= 4 is 11.5 Å². The lowest BCUT2D eigenvalue weighted by Crippen LogP contribution is -2.13. The van der Waals surface area contributed by atoms with Crippen molar-refractivity contribution in [2.45, 2.75) is 62.7 Å². The van der Waals surface area contributed by atoms with Crippen molar-refractivity contribution in [1.29, 1.82) is 0 Å². The zero-order valence-electron chi connectivity index (χ0n) is 17.9. The topological polar surface area (TPSA) is 94.3 Å². The standard InChI is InChI=1S/C24H27N5O3/c30-24(8-9-24)21-13-16(6-10-25-21)27-22-14-18(7-11-26-22)32-20-15-29(17-4-5-17)28-23(20)19-3-1-2-12-31-19/h6-7,10-11,13-15,17,19,30H,1-5,8-9,12H2,(H,25,26,27). The maximum Gasteiger partial charge on any atom is 0.171 e. The fourth-order valence-electron chi connectivity index (χ4n) is 4.13. The van der Waals surface area contributed by atoms with Crippen molar-refractivity contribution < 1.29 is 14.6 Å². The number of rotatable bonds is 7.